The van der Waals surface area contributed by atoms with Gasteiger partial charge in [0.25, 0.3) is 0 Å². The summed E-state index contributed by atoms with van der Waals surface area (Å²) >= 11 is 0. The third-order valence-electron chi connectivity index (χ3n) is 8.05. The van der Waals surface area contributed by atoms with Gasteiger partial charge in [0, 0.05) is 13.1 Å². The van der Waals surface area contributed by atoms with Gasteiger partial charge in [-0.25, -0.2) is 0 Å². The van der Waals surface area contributed by atoms with Crippen LogP contribution in [-0.2, 0) is 0 Å². The highest BCUT2D eigenvalue weighted by Gasteiger charge is 2.15. The Hall–Kier alpha value is -0.120. The zero-order valence-corrected chi connectivity index (χ0v) is 26.0. The molecule has 0 saturated heterocycles. The Bertz CT molecular complexity index is 397. The van der Waals surface area contributed by atoms with Crippen molar-refractivity contribution in [1.29, 1.82) is 0 Å². The average molecular weight is 526 g/mol. The summed E-state index contributed by atoms with van der Waals surface area (Å²) in [7, 11) is 0. The lowest BCUT2D eigenvalue weighted by Gasteiger charge is -2.27. The fraction of sp³-hybridized carbons (Fsp3) is 1.00. The molecule has 224 valence electrons. The van der Waals surface area contributed by atoms with Crippen LogP contribution in [-0.4, -0.2) is 47.0 Å². The summed E-state index contributed by atoms with van der Waals surface area (Å²) in [5.74, 6) is 0. The van der Waals surface area contributed by atoms with Crippen LogP contribution in [0.2, 0.25) is 0 Å². The van der Waals surface area contributed by atoms with Crippen LogP contribution in [0.15, 0.2) is 0 Å². The maximum absolute atomic E-state index is 10.6. The van der Waals surface area contributed by atoms with Crippen molar-refractivity contribution in [3.63, 3.8) is 0 Å². The van der Waals surface area contributed by atoms with E-state index in [9.17, 15) is 10.2 Å². The predicted molar refractivity (Wildman–Crippen MR) is 166 cm³/mol. The molecule has 0 rings (SSSR count). The number of aliphatic hydroxyl groups excluding tert-OH is 2. The zero-order chi connectivity index (χ0) is 27.2. The monoisotopic (exact) mass is 526 g/mol. The number of aliphatic hydroxyl groups is 2. The van der Waals surface area contributed by atoms with Crippen LogP contribution in [0, 0.1) is 0 Å². The molecule has 0 fully saturated rings. The van der Waals surface area contributed by atoms with Gasteiger partial charge in [-0.2, -0.15) is 0 Å². The van der Waals surface area contributed by atoms with E-state index in [1.54, 1.807) is 0 Å². The SMILES string of the molecule is CCCCCCCCCCCCCCCCCCN(CC(O)CCCCCC)CC(O)CCCCCC. The number of nitrogens with zero attached hydrogens (tertiary/aromatic N) is 1. The molecule has 2 N–H and O–H groups in total. The van der Waals surface area contributed by atoms with Gasteiger partial charge in [0.2, 0.25) is 0 Å². The van der Waals surface area contributed by atoms with E-state index in [-0.39, 0.29) is 12.2 Å². The molecular weight excluding hydrogens is 454 g/mol. The normalized spacial score (nSPS) is 13.5. The van der Waals surface area contributed by atoms with E-state index in [4.69, 9.17) is 0 Å². The standard InChI is InChI=1S/C34H71NO2/c1-4-7-10-13-14-15-16-17-18-19-20-21-22-23-24-27-30-35(31-33(36)28-25-11-8-5-2)32-34(37)29-26-12-9-6-3/h33-34,36-37H,4-32H2,1-3H3. The summed E-state index contributed by atoms with van der Waals surface area (Å²) in [6.07, 6.45) is 33.4. The number of hydrogen-bond acceptors (Lipinski definition) is 3. The summed E-state index contributed by atoms with van der Waals surface area (Å²) in [6.45, 7) is 9.25. The molecule has 0 aromatic carbocycles. The second kappa shape index (κ2) is 30.4. The lowest BCUT2D eigenvalue weighted by molar-refractivity contribution is 0.0596. The molecule has 0 heterocycles. The highest BCUT2D eigenvalue weighted by Crippen LogP contribution is 2.15. The minimum absolute atomic E-state index is 0.245. The van der Waals surface area contributed by atoms with Gasteiger partial charge in [0.1, 0.15) is 0 Å². The van der Waals surface area contributed by atoms with Gasteiger partial charge in [-0.3, -0.25) is 4.90 Å². The molecular formula is C34H71NO2. The number of rotatable bonds is 31. The van der Waals surface area contributed by atoms with Crippen LogP contribution in [0.4, 0.5) is 0 Å². The maximum atomic E-state index is 10.6. The molecule has 0 aliphatic heterocycles. The molecule has 0 aliphatic carbocycles. The minimum Gasteiger partial charge on any atom is -0.392 e. The molecule has 0 bridgehead atoms. The van der Waals surface area contributed by atoms with Crippen molar-refractivity contribution in [2.45, 2.75) is 200 Å². The Morgan fingerprint density at radius 2 is 0.649 bits per heavy atom. The van der Waals surface area contributed by atoms with Crippen LogP contribution in [0.1, 0.15) is 188 Å². The summed E-state index contributed by atoms with van der Waals surface area (Å²) < 4.78 is 0. The molecule has 0 aromatic rings. The van der Waals surface area contributed by atoms with E-state index >= 15 is 0 Å². The van der Waals surface area contributed by atoms with Gasteiger partial charge in [-0.1, -0.05) is 168 Å². The van der Waals surface area contributed by atoms with Crippen LogP contribution < -0.4 is 0 Å². The fourth-order valence-electron chi connectivity index (χ4n) is 5.53. The Balaban J connectivity index is 3.89. The average Bonchev–Trinajstić information content (AvgIpc) is 2.88. The third kappa shape index (κ3) is 28.7. The van der Waals surface area contributed by atoms with Crippen molar-refractivity contribution in [3.05, 3.63) is 0 Å². The van der Waals surface area contributed by atoms with Crippen LogP contribution in [0.5, 0.6) is 0 Å². The number of hydrogen-bond donors (Lipinski definition) is 2. The molecule has 0 spiro atoms. The molecule has 2 atom stereocenters. The van der Waals surface area contributed by atoms with E-state index in [0.717, 1.165) is 45.3 Å². The topological polar surface area (TPSA) is 43.7 Å². The Labute approximate surface area is 234 Å². The van der Waals surface area contributed by atoms with Crippen LogP contribution >= 0.6 is 0 Å². The van der Waals surface area contributed by atoms with Gasteiger partial charge < -0.3 is 10.2 Å². The molecule has 37 heavy (non-hydrogen) atoms. The molecule has 0 amide bonds. The lowest BCUT2D eigenvalue weighted by atomic mass is 10.0. The second-order valence-electron chi connectivity index (χ2n) is 12.1. The molecule has 3 heteroatoms. The van der Waals surface area contributed by atoms with Gasteiger partial charge in [-0.05, 0) is 25.8 Å². The van der Waals surface area contributed by atoms with Crippen molar-refractivity contribution < 1.29 is 10.2 Å². The first-order valence-electron chi connectivity index (χ1n) is 17.2. The molecule has 0 aromatic heterocycles. The second-order valence-corrected chi connectivity index (χ2v) is 12.1. The van der Waals surface area contributed by atoms with E-state index in [1.165, 1.54) is 141 Å². The number of unbranched alkanes of at least 4 members (excludes halogenated alkanes) is 21. The molecule has 3 nitrogen and oxygen atoms in total. The van der Waals surface area contributed by atoms with Crippen LogP contribution in [0.3, 0.4) is 0 Å². The Kier molecular flexibility index (Phi) is 30.3. The summed E-state index contributed by atoms with van der Waals surface area (Å²) in [5.41, 5.74) is 0. The predicted octanol–water partition coefficient (Wildman–Crippen LogP) is 10.2. The third-order valence-corrected chi connectivity index (χ3v) is 8.05. The van der Waals surface area contributed by atoms with Crippen LogP contribution in [0.25, 0.3) is 0 Å². The highest BCUT2D eigenvalue weighted by molar-refractivity contribution is 4.70. The van der Waals surface area contributed by atoms with Gasteiger partial charge in [0.05, 0.1) is 12.2 Å². The first kappa shape index (κ1) is 36.9. The summed E-state index contributed by atoms with van der Waals surface area (Å²) in [5, 5.41) is 21.2. The van der Waals surface area contributed by atoms with Crippen molar-refractivity contribution in [1.82, 2.24) is 4.90 Å². The minimum atomic E-state index is -0.245. The molecule has 0 saturated carbocycles. The molecule has 0 aliphatic rings. The quantitative estimate of drug-likeness (QED) is 0.0885. The van der Waals surface area contributed by atoms with Crippen molar-refractivity contribution in [2.24, 2.45) is 0 Å². The van der Waals surface area contributed by atoms with Crippen molar-refractivity contribution >= 4 is 0 Å². The van der Waals surface area contributed by atoms with E-state index in [0.29, 0.717) is 0 Å². The van der Waals surface area contributed by atoms with Crippen molar-refractivity contribution in [3.8, 4) is 0 Å². The maximum Gasteiger partial charge on any atom is 0.0667 e. The molecule has 0 radical (unpaired) electrons. The Morgan fingerprint density at radius 3 is 0.973 bits per heavy atom. The van der Waals surface area contributed by atoms with Crippen molar-refractivity contribution in [2.75, 3.05) is 19.6 Å². The highest BCUT2D eigenvalue weighted by atomic mass is 16.3. The van der Waals surface area contributed by atoms with E-state index < -0.39 is 0 Å². The first-order chi connectivity index (χ1) is 18.1. The van der Waals surface area contributed by atoms with Gasteiger partial charge in [0.15, 0.2) is 0 Å². The molecule has 2 unspecified atom stereocenters. The van der Waals surface area contributed by atoms with Gasteiger partial charge in [-0.15, -0.1) is 0 Å². The largest absolute Gasteiger partial charge is 0.392 e. The van der Waals surface area contributed by atoms with E-state index in [1.807, 2.05) is 0 Å². The first-order valence-corrected chi connectivity index (χ1v) is 17.2. The fourth-order valence-corrected chi connectivity index (χ4v) is 5.53. The zero-order valence-electron chi connectivity index (χ0n) is 26.0. The van der Waals surface area contributed by atoms with Gasteiger partial charge >= 0.3 is 0 Å². The summed E-state index contributed by atoms with van der Waals surface area (Å²) in [6, 6.07) is 0. The van der Waals surface area contributed by atoms with E-state index in [2.05, 4.69) is 25.7 Å². The smallest absolute Gasteiger partial charge is 0.0667 e. The Morgan fingerprint density at radius 1 is 0.378 bits per heavy atom. The lowest BCUT2D eigenvalue weighted by Crippen LogP contribution is -2.38. The summed E-state index contributed by atoms with van der Waals surface area (Å²) in [4.78, 5) is 2.36.